The molecular weight excluding hydrogens is 276 g/mol. The molecule has 1 aromatic carbocycles. The van der Waals surface area contributed by atoms with Gasteiger partial charge in [0.15, 0.2) is 0 Å². The van der Waals surface area contributed by atoms with Gasteiger partial charge in [0.05, 0.1) is 0 Å². The van der Waals surface area contributed by atoms with Crippen LogP contribution in [-0.2, 0) is 0 Å². The summed E-state index contributed by atoms with van der Waals surface area (Å²) >= 11 is 0. The molecule has 1 fully saturated rings. The van der Waals surface area contributed by atoms with Crippen molar-refractivity contribution in [1.29, 1.82) is 0 Å². The van der Waals surface area contributed by atoms with Gasteiger partial charge in [-0.2, -0.15) is 0 Å². The van der Waals surface area contributed by atoms with E-state index in [0.29, 0.717) is 19.6 Å². The Morgan fingerprint density at radius 2 is 1.67 bits per heavy atom. The summed E-state index contributed by atoms with van der Waals surface area (Å²) in [7, 11) is 0. The number of nitrogens with zero attached hydrogens (tertiary/aromatic N) is 2. The third-order valence-corrected chi connectivity index (χ3v) is 3.70. The number of unbranched alkanes of at least 4 members (excludes halogenated alkanes) is 1. The van der Waals surface area contributed by atoms with Crippen LogP contribution in [0.15, 0.2) is 18.2 Å². The molecular formula is C15H21F2N3O. The minimum atomic E-state index is -0.723. The van der Waals surface area contributed by atoms with E-state index in [1.807, 2.05) is 0 Å². The minimum Gasteiger partial charge on any atom is -0.336 e. The molecule has 6 heteroatoms. The minimum absolute atomic E-state index is 0.0732. The highest BCUT2D eigenvalue weighted by Crippen LogP contribution is 2.13. The SMILES string of the molecule is NCCCCN1CCN(C(=O)c2cc(F)cc(F)c2)CC1. The summed E-state index contributed by atoms with van der Waals surface area (Å²) in [5, 5.41) is 0. The van der Waals surface area contributed by atoms with E-state index in [2.05, 4.69) is 4.90 Å². The Morgan fingerprint density at radius 1 is 1.05 bits per heavy atom. The predicted octanol–water partition coefficient (Wildman–Crippen LogP) is 1.46. The predicted molar refractivity (Wildman–Crippen MR) is 77.0 cm³/mol. The molecule has 0 radical (unpaired) electrons. The van der Waals surface area contributed by atoms with Crippen molar-refractivity contribution in [1.82, 2.24) is 9.80 Å². The van der Waals surface area contributed by atoms with Crippen LogP contribution in [0.1, 0.15) is 23.2 Å². The standard InChI is InChI=1S/C15H21F2N3O/c16-13-9-12(10-14(17)11-13)15(21)20-7-5-19(6-8-20)4-2-1-3-18/h9-11H,1-8,18H2. The lowest BCUT2D eigenvalue weighted by molar-refractivity contribution is 0.0634. The first-order chi connectivity index (χ1) is 10.1. The number of rotatable bonds is 5. The van der Waals surface area contributed by atoms with E-state index in [-0.39, 0.29) is 11.5 Å². The molecule has 1 aliphatic rings. The Kier molecular flexibility index (Phi) is 5.64. The zero-order valence-electron chi connectivity index (χ0n) is 12.0. The van der Waals surface area contributed by atoms with Crippen molar-refractivity contribution in [3.63, 3.8) is 0 Å². The van der Waals surface area contributed by atoms with Crippen LogP contribution in [0.2, 0.25) is 0 Å². The molecule has 2 rings (SSSR count). The fourth-order valence-electron chi connectivity index (χ4n) is 2.51. The second-order valence-electron chi connectivity index (χ2n) is 5.29. The molecule has 0 spiro atoms. The molecule has 1 aliphatic heterocycles. The molecule has 0 atom stereocenters. The molecule has 116 valence electrons. The maximum Gasteiger partial charge on any atom is 0.254 e. The van der Waals surface area contributed by atoms with Gasteiger partial charge in [0.1, 0.15) is 11.6 Å². The molecule has 0 aromatic heterocycles. The molecule has 1 heterocycles. The summed E-state index contributed by atoms with van der Waals surface area (Å²) in [6, 6.07) is 2.93. The Labute approximate surface area is 123 Å². The van der Waals surface area contributed by atoms with Crippen molar-refractivity contribution in [3.05, 3.63) is 35.4 Å². The van der Waals surface area contributed by atoms with Gasteiger partial charge in [-0.1, -0.05) is 0 Å². The highest BCUT2D eigenvalue weighted by atomic mass is 19.1. The Bertz CT molecular complexity index is 468. The number of amides is 1. The van der Waals surface area contributed by atoms with Gasteiger partial charge in [-0.25, -0.2) is 8.78 Å². The van der Waals surface area contributed by atoms with Crippen molar-refractivity contribution >= 4 is 5.91 Å². The molecule has 1 amide bonds. The Balaban J connectivity index is 1.88. The van der Waals surface area contributed by atoms with E-state index in [1.54, 1.807) is 4.90 Å². The monoisotopic (exact) mass is 297 g/mol. The average Bonchev–Trinajstić information content (AvgIpc) is 2.46. The van der Waals surface area contributed by atoms with Gasteiger partial charge >= 0.3 is 0 Å². The summed E-state index contributed by atoms with van der Waals surface area (Å²) in [4.78, 5) is 16.2. The first-order valence-electron chi connectivity index (χ1n) is 7.28. The normalized spacial score (nSPS) is 16.2. The van der Waals surface area contributed by atoms with Crippen LogP contribution >= 0.6 is 0 Å². The van der Waals surface area contributed by atoms with Gasteiger partial charge in [-0.3, -0.25) is 9.69 Å². The van der Waals surface area contributed by atoms with Crippen molar-refractivity contribution in [2.45, 2.75) is 12.8 Å². The molecule has 0 aliphatic carbocycles. The van der Waals surface area contributed by atoms with Gasteiger partial charge in [0.25, 0.3) is 5.91 Å². The molecule has 1 aromatic rings. The summed E-state index contributed by atoms with van der Waals surface area (Å²) in [5.41, 5.74) is 5.54. The number of carbonyl (C=O) groups excluding carboxylic acids is 1. The molecule has 0 unspecified atom stereocenters. The Morgan fingerprint density at radius 3 is 2.24 bits per heavy atom. The van der Waals surface area contributed by atoms with Crippen LogP contribution in [-0.4, -0.2) is 55.0 Å². The third-order valence-electron chi connectivity index (χ3n) is 3.70. The van der Waals surface area contributed by atoms with E-state index in [0.717, 1.165) is 50.7 Å². The lowest BCUT2D eigenvalue weighted by atomic mass is 10.1. The highest BCUT2D eigenvalue weighted by molar-refractivity contribution is 5.94. The van der Waals surface area contributed by atoms with E-state index < -0.39 is 11.6 Å². The van der Waals surface area contributed by atoms with Gasteiger partial charge in [-0.15, -0.1) is 0 Å². The molecule has 0 saturated carbocycles. The van der Waals surface area contributed by atoms with Gasteiger partial charge in [0, 0.05) is 37.8 Å². The smallest absolute Gasteiger partial charge is 0.254 e. The van der Waals surface area contributed by atoms with Gasteiger partial charge < -0.3 is 10.6 Å². The number of hydrogen-bond donors (Lipinski definition) is 1. The molecule has 0 bridgehead atoms. The first-order valence-corrected chi connectivity index (χ1v) is 7.28. The molecule has 21 heavy (non-hydrogen) atoms. The van der Waals surface area contributed by atoms with Crippen LogP contribution in [0.4, 0.5) is 8.78 Å². The van der Waals surface area contributed by atoms with Crippen LogP contribution in [0.25, 0.3) is 0 Å². The number of benzene rings is 1. The van der Waals surface area contributed by atoms with Crippen molar-refractivity contribution in [2.75, 3.05) is 39.3 Å². The fourth-order valence-corrected chi connectivity index (χ4v) is 2.51. The number of halogens is 2. The molecule has 1 saturated heterocycles. The number of carbonyl (C=O) groups is 1. The Hall–Kier alpha value is -1.53. The van der Waals surface area contributed by atoms with Crippen LogP contribution in [0, 0.1) is 11.6 Å². The summed E-state index contributed by atoms with van der Waals surface area (Å²) in [5.74, 6) is -1.76. The third kappa shape index (κ3) is 4.47. The van der Waals surface area contributed by atoms with E-state index in [1.165, 1.54) is 0 Å². The zero-order valence-corrected chi connectivity index (χ0v) is 12.0. The fraction of sp³-hybridized carbons (Fsp3) is 0.533. The van der Waals surface area contributed by atoms with Gasteiger partial charge in [0.2, 0.25) is 0 Å². The van der Waals surface area contributed by atoms with Crippen LogP contribution in [0.3, 0.4) is 0 Å². The molecule has 2 N–H and O–H groups in total. The maximum atomic E-state index is 13.2. The highest BCUT2D eigenvalue weighted by Gasteiger charge is 2.22. The largest absolute Gasteiger partial charge is 0.336 e. The van der Waals surface area contributed by atoms with E-state index in [4.69, 9.17) is 5.73 Å². The summed E-state index contributed by atoms with van der Waals surface area (Å²) < 4.78 is 26.3. The topological polar surface area (TPSA) is 49.6 Å². The van der Waals surface area contributed by atoms with Crippen molar-refractivity contribution in [3.8, 4) is 0 Å². The maximum absolute atomic E-state index is 13.2. The second kappa shape index (κ2) is 7.47. The van der Waals surface area contributed by atoms with Crippen molar-refractivity contribution < 1.29 is 13.6 Å². The number of piperazine rings is 1. The number of nitrogens with two attached hydrogens (primary N) is 1. The molecule has 4 nitrogen and oxygen atoms in total. The van der Waals surface area contributed by atoms with E-state index >= 15 is 0 Å². The second-order valence-corrected chi connectivity index (χ2v) is 5.29. The van der Waals surface area contributed by atoms with Crippen molar-refractivity contribution in [2.24, 2.45) is 5.73 Å². The summed E-state index contributed by atoms with van der Waals surface area (Å²) in [6.45, 7) is 4.42. The lowest BCUT2D eigenvalue weighted by Crippen LogP contribution is -2.48. The van der Waals surface area contributed by atoms with E-state index in [9.17, 15) is 13.6 Å². The lowest BCUT2D eigenvalue weighted by Gasteiger charge is -2.34. The average molecular weight is 297 g/mol. The quantitative estimate of drug-likeness (QED) is 0.837. The first kappa shape index (κ1) is 15.9. The zero-order chi connectivity index (χ0) is 15.2. The summed E-state index contributed by atoms with van der Waals surface area (Å²) in [6.07, 6.45) is 2.06. The number of hydrogen-bond acceptors (Lipinski definition) is 3. The van der Waals surface area contributed by atoms with Gasteiger partial charge in [-0.05, 0) is 38.1 Å². The van der Waals surface area contributed by atoms with Crippen LogP contribution in [0.5, 0.6) is 0 Å². The van der Waals surface area contributed by atoms with Crippen LogP contribution < -0.4 is 5.73 Å².